The van der Waals surface area contributed by atoms with Gasteiger partial charge in [-0.1, -0.05) is 37.3 Å². The van der Waals surface area contributed by atoms with Gasteiger partial charge in [-0.2, -0.15) is 0 Å². The van der Waals surface area contributed by atoms with Gasteiger partial charge >= 0.3 is 0 Å². The molecule has 4 atom stereocenters. The molecule has 3 rings (SSSR count). The lowest BCUT2D eigenvalue weighted by molar-refractivity contribution is 0.0785. The van der Waals surface area contributed by atoms with Crippen molar-refractivity contribution in [2.24, 2.45) is 11.3 Å². The van der Waals surface area contributed by atoms with Gasteiger partial charge < -0.3 is 15.3 Å². The molecule has 138 valence electrons. The van der Waals surface area contributed by atoms with E-state index in [1.165, 1.54) is 11.1 Å². The third kappa shape index (κ3) is 3.42. The first kappa shape index (κ1) is 18.6. The van der Waals surface area contributed by atoms with Gasteiger partial charge in [0.2, 0.25) is 0 Å². The Labute approximate surface area is 151 Å². The van der Waals surface area contributed by atoms with Gasteiger partial charge in [-0.25, -0.2) is 0 Å². The number of fused-ring (bicyclic) bond motifs is 1. The largest absolute Gasteiger partial charge is 0.393 e. The van der Waals surface area contributed by atoms with E-state index >= 15 is 0 Å². The molecule has 0 aromatic rings. The van der Waals surface area contributed by atoms with Crippen LogP contribution in [0, 0.1) is 11.3 Å². The Bertz CT molecular complexity index is 647. The molecule has 2 fully saturated rings. The summed E-state index contributed by atoms with van der Waals surface area (Å²) >= 11 is 0. The first-order valence-electron chi connectivity index (χ1n) is 9.51. The lowest BCUT2D eigenvalue weighted by Gasteiger charge is -2.44. The smallest absolute Gasteiger partial charge is 0.0811 e. The fourth-order valence-electron chi connectivity index (χ4n) is 5.23. The third-order valence-corrected chi connectivity index (χ3v) is 6.47. The van der Waals surface area contributed by atoms with Crippen molar-refractivity contribution in [3.05, 3.63) is 47.1 Å². The number of rotatable bonds is 2. The van der Waals surface area contributed by atoms with Crippen molar-refractivity contribution in [1.29, 1.82) is 0 Å². The van der Waals surface area contributed by atoms with Crippen molar-refractivity contribution < 1.29 is 15.3 Å². The summed E-state index contributed by atoms with van der Waals surface area (Å²) in [7, 11) is 0. The molecule has 25 heavy (non-hydrogen) atoms. The zero-order chi connectivity index (χ0) is 18.4. The molecule has 0 aliphatic heterocycles. The number of hydrogen-bond donors (Lipinski definition) is 3. The first-order chi connectivity index (χ1) is 11.6. The average Bonchev–Trinajstić information content (AvgIpc) is 2.87. The summed E-state index contributed by atoms with van der Waals surface area (Å²) in [4.78, 5) is 0. The average molecular weight is 344 g/mol. The molecule has 4 unspecified atom stereocenters. The Hall–Kier alpha value is -1.16. The van der Waals surface area contributed by atoms with E-state index < -0.39 is 17.8 Å². The van der Waals surface area contributed by atoms with Crippen LogP contribution in [0.4, 0.5) is 0 Å². The van der Waals surface area contributed by atoms with Gasteiger partial charge in [0.25, 0.3) is 0 Å². The molecule has 3 aliphatic carbocycles. The second-order valence-electron chi connectivity index (χ2n) is 8.80. The molecule has 0 bridgehead atoms. The van der Waals surface area contributed by atoms with E-state index in [4.69, 9.17) is 0 Å². The van der Waals surface area contributed by atoms with Crippen LogP contribution in [0.5, 0.6) is 0 Å². The van der Waals surface area contributed by atoms with Crippen molar-refractivity contribution in [3.8, 4) is 0 Å². The van der Waals surface area contributed by atoms with Crippen molar-refractivity contribution >= 4 is 0 Å². The van der Waals surface area contributed by atoms with E-state index in [2.05, 4.69) is 31.7 Å². The van der Waals surface area contributed by atoms with Crippen molar-refractivity contribution in [2.75, 3.05) is 0 Å². The molecule has 3 nitrogen and oxygen atoms in total. The monoisotopic (exact) mass is 344 g/mol. The normalized spacial score (nSPS) is 39.7. The summed E-state index contributed by atoms with van der Waals surface area (Å²) in [5.74, 6) is 0.436. The summed E-state index contributed by atoms with van der Waals surface area (Å²) in [5.41, 5.74) is 3.55. The topological polar surface area (TPSA) is 60.7 Å². The minimum absolute atomic E-state index is 0.0312. The summed E-state index contributed by atoms with van der Waals surface area (Å²) in [6, 6.07) is 0. The second kappa shape index (κ2) is 6.53. The lowest BCUT2D eigenvalue weighted by atomic mass is 9.62. The van der Waals surface area contributed by atoms with Crippen LogP contribution >= 0.6 is 0 Å². The maximum absolute atomic E-state index is 10.6. The zero-order valence-electron chi connectivity index (χ0n) is 15.8. The number of allylic oxidation sites excluding steroid dienone is 4. The van der Waals surface area contributed by atoms with Crippen LogP contribution in [0.3, 0.4) is 0 Å². The van der Waals surface area contributed by atoms with Gasteiger partial charge in [0.15, 0.2) is 0 Å². The highest BCUT2D eigenvalue weighted by Gasteiger charge is 2.48. The predicted octanol–water partition coefficient (Wildman–Crippen LogP) is 3.82. The highest BCUT2D eigenvalue weighted by Crippen LogP contribution is 2.57. The van der Waals surface area contributed by atoms with Crippen LogP contribution < -0.4 is 0 Å². The van der Waals surface area contributed by atoms with Crippen molar-refractivity contribution in [2.45, 2.75) is 77.1 Å². The van der Waals surface area contributed by atoms with Crippen LogP contribution in [0.1, 0.15) is 59.3 Å². The van der Waals surface area contributed by atoms with Crippen LogP contribution in [0.25, 0.3) is 0 Å². The van der Waals surface area contributed by atoms with Crippen molar-refractivity contribution in [3.63, 3.8) is 0 Å². The first-order valence-corrected chi connectivity index (χ1v) is 9.51. The Balaban J connectivity index is 1.86. The predicted molar refractivity (Wildman–Crippen MR) is 101 cm³/mol. The molecule has 0 amide bonds. The molecule has 0 saturated heterocycles. The molecule has 0 heterocycles. The molecule has 3 N–H and O–H groups in total. The molecule has 3 heteroatoms. The van der Waals surface area contributed by atoms with E-state index in [-0.39, 0.29) is 5.41 Å². The van der Waals surface area contributed by atoms with Gasteiger partial charge in [0, 0.05) is 6.42 Å². The summed E-state index contributed by atoms with van der Waals surface area (Å²) in [6.45, 7) is 10.1. The Morgan fingerprint density at radius 2 is 2.00 bits per heavy atom. The fraction of sp³-hybridized carbons (Fsp3) is 0.636. The number of aliphatic hydroxyl groups is 3. The maximum atomic E-state index is 10.6. The summed E-state index contributed by atoms with van der Waals surface area (Å²) in [6.07, 6.45) is 10.6. The van der Waals surface area contributed by atoms with Crippen LogP contribution in [0.15, 0.2) is 47.1 Å². The third-order valence-electron chi connectivity index (χ3n) is 6.47. The highest BCUT2D eigenvalue weighted by molar-refractivity contribution is 5.41. The molecule has 0 aromatic carbocycles. The number of aliphatic hydroxyl groups excluding tert-OH is 2. The van der Waals surface area contributed by atoms with E-state index in [0.717, 1.165) is 36.8 Å². The molecule has 0 spiro atoms. The van der Waals surface area contributed by atoms with Crippen molar-refractivity contribution in [1.82, 2.24) is 0 Å². The van der Waals surface area contributed by atoms with Gasteiger partial charge in [-0.05, 0) is 74.0 Å². The van der Waals surface area contributed by atoms with E-state index in [1.807, 2.05) is 13.8 Å². The van der Waals surface area contributed by atoms with Crippen LogP contribution in [0.2, 0.25) is 0 Å². The molecular formula is C22H32O3. The minimum Gasteiger partial charge on any atom is -0.393 e. The molecule has 0 aromatic heterocycles. The van der Waals surface area contributed by atoms with Crippen LogP contribution in [-0.2, 0) is 0 Å². The van der Waals surface area contributed by atoms with Gasteiger partial charge in [-0.15, -0.1) is 0 Å². The molecule has 2 saturated carbocycles. The lowest BCUT2D eigenvalue weighted by Crippen LogP contribution is -2.38. The van der Waals surface area contributed by atoms with Gasteiger partial charge in [-0.3, -0.25) is 0 Å². The van der Waals surface area contributed by atoms with Gasteiger partial charge in [0.05, 0.1) is 17.8 Å². The number of hydrogen-bond acceptors (Lipinski definition) is 3. The van der Waals surface area contributed by atoms with Gasteiger partial charge in [0.1, 0.15) is 0 Å². The summed E-state index contributed by atoms with van der Waals surface area (Å²) in [5, 5.41) is 30.5. The summed E-state index contributed by atoms with van der Waals surface area (Å²) < 4.78 is 0. The molecule has 3 aliphatic rings. The molecular weight excluding hydrogens is 312 g/mol. The highest BCUT2D eigenvalue weighted by atomic mass is 16.3. The minimum atomic E-state index is -0.768. The Kier molecular flexibility index (Phi) is 4.87. The zero-order valence-corrected chi connectivity index (χ0v) is 15.8. The molecule has 0 radical (unpaired) electrons. The van der Waals surface area contributed by atoms with Crippen LogP contribution in [-0.4, -0.2) is 33.1 Å². The van der Waals surface area contributed by atoms with E-state index in [0.29, 0.717) is 18.8 Å². The Morgan fingerprint density at radius 1 is 1.28 bits per heavy atom. The SMILES string of the molecule is C=C1/C(=C\C=C2/CCCC3(C)C(C(C)(C)O)=CCC23)CC(O)CC1O. The van der Waals surface area contributed by atoms with E-state index in [9.17, 15) is 15.3 Å². The standard InChI is InChI=1S/C22H32O3/c1-14-16(12-17(23)13-19(14)24)8-7-15-6-5-11-22(4)18(15)9-10-20(22)21(2,3)25/h7-8,10,17-19,23-25H,1,5-6,9,11-13H2,2-4H3/b15-7+,16-8-. The Morgan fingerprint density at radius 3 is 2.68 bits per heavy atom. The maximum Gasteiger partial charge on any atom is 0.0811 e. The van der Waals surface area contributed by atoms with E-state index in [1.54, 1.807) is 0 Å². The fourth-order valence-corrected chi connectivity index (χ4v) is 5.23. The quantitative estimate of drug-likeness (QED) is 0.668. The second-order valence-corrected chi connectivity index (χ2v) is 8.80.